The second kappa shape index (κ2) is 6.19. The summed E-state index contributed by atoms with van der Waals surface area (Å²) in [6, 6.07) is 7.87. The van der Waals surface area contributed by atoms with Gasteiger partial charge in [0.15, 0.2) is 0 Å². The van der Waals surface area contributed by atoms with Gasteiger partial charge in [-0.15, -0.1) is 0 Å². The van der Waals surface area contributed by atoms with Crippen LogP contribution < -0.4 is 5.32 Å². The highest BCUT2D eigenvalue weighted by Crippen LogP contribution is 2.19. The van der Waals surface area contributed by atoms with Crippen molar-refractivity contribution in [2.24, 2.45) is 0 Å². The Kier molecular flexibility index (Phi) is 4.59. The van der Waals surface area contributed by atoms with E-state index in [-0.39, 0.29) is 5.82 Å². The third-order valence-electron chi connectivity index (χ3n) is 3.96. The summed E-state index contributed by atoms with van der Waals surface area (Å²) in [5.41, 5.74) is 1.03. The zero-order chi connectivity index (χ0) is 13.0. The lowest BCUT2D eigenvalue weighted by Gasteiger charge is -2.36. The molecule has 1 atom stereocenters. The average Bonchev–Trinajstić information content (AvgIpc) is 2.41. The van der Waals surface area contributed by atoms with Crippen molar-refractivity contribution >= 4 is 5.69 Å². The Morgan fingerprint density at radius 2 is 1.89 bits per heavy atom. The lowest BCUT2D eigenvalue weighted by Crippen LogP contribution is -2.43. The fourth-order valence-corrected chi connectivity index (χ4v) is 2.52. The van der Waals surface area contributed by atoms with Gasteiger partial charge in [0, 0.05) is 30.9 Å². The molecule has 1 aliphatic rings. The van der Waals surface area contributed by atoms with Gasteiger partial charge in [-0.25, -0.2) is 4.39 Å². The number of halogens is 1. The maximum absolute atomic E-state index is 12.8. The molecule has 1 aliphatic heterocycles. The van der Waals surface area contributed by atoms with E-state index in [0.717, 1.165) is 18.8 Å². The summed E-state index contributed by atoms with van der Waals surface area (Å²) in [6.07, 6.45) is 3.56. The van der Waals surface area contributed by atoms with Gasteiger partial charge < -0.3 is 10.2 Å². The number of hydrogen-bond acceptors (Lipinski definition) is 2. The van der Waals surface area contributed by atoms with Gasteiger partial charge in [-0.05, 0) is 50.5 Å². The Morgan fingerprint density at radius 1 is 1.28 bits per heavy atom. The van der Waals surface area contributed by atoms with Gasteiger partial charge in [-0.1, -0.05) is 6.92 Å². The van der Waals surface area contributed by atoms with Gasteiger partial charge in [0.2, 0.25) is 0 Å². The summed E-state index contributed by atoms with van der Waals surface area (Å²) in [4.78, 5) is 2.56. The minimum atomic E-state index is -0.174. The molecule has 3 heteroatoms. The third kappa shape index (κ3) is 3.45. The summed E-state index contributed by atoms with van der Waals surface area (Å²) < 4.78 is 12.8. The molecular formula is C15H23FN2. The highest BCUT2D eigenvalue weighted by Gasteiger charge is 2.21. The van der Waals surface area contributed by atoms with Crippen LogP contribution in [0.1, 0.15) is 33.1 Å². The van der Waals surface area contributed by atoms with E-state index in [0.29, 0.717) is 12.1 Å². The first-order valence-corrected chi connectivity index (χ1v) is 6.95. The fraction of sp³-hybridized carbons (Fsp3) is 0.600. The molecule has 0 bridgehead atoms. The van der Waals surface area contributed by atoms with Crippen molar-refractivity contribution in [3.63, 3.8) is 0 Å². The summed E-state index contributed by atoms with van der Waals surface area (Å²) >= 11 is 0. The number of anilines is 1. The zero-order valence-corrected chi connectivity index (χ0v) is 11.3. The highest BCUT2D eigenvalue weighted by molar-refractivity contribution is 5.43. The van der Waals surface area contributed by atoms with E-state index in [1.54, 1.807) is 0 Å². The minimum Gasteiger partial charge on any atom is -0.382 e. The van der Waals surface area contributed by atoms with Gasteiger partial charge in [0.25, 0.3) is 0 Å². The van der Waals surface area contributed by atoms with E-state index in [4.69, 9.17) is 0 Å². The summed E-state index contributed by atoms with van der Waals surface area (Å²) in [6.45, 7) is 6.86. The Labute approximate surface area is 109 Å². The standard InChI is InChI=1S/C15H23FN2/c1-3-12(2)18-10-8-15(9-11-18)17-14-6-4-13(16)5-7-14/h4-7,12,15,17H,3,8-11H2,1-2H3. The topological polar surface area (TPSA) is 15.3 Å². The number of nitrogens with zero attached hydrogens (tertiary/aromatic N) is 1. The maximum Gasteiger partial charge on any atom is 0.123 e. The molecule has 1 aromatic rings. The number of benzene rings is 1. The van der Waals surface area contributed by atoms with Crippen LogP contribution in [0.5, 0.6) is 0 Å². The number of hydrogen-bond donors (Lipinski definition) is 1. The summed E-state index contributed by atoms with van der Waals surface area (Å²) in [5.74, 6) is -0.174. The van der Waals surface area contributed by atoms with Crippen LogP contribution in [-0.4, -0.2) is 30.1 Å². The van der Waals surface area contributed by atoms with Crippen LogP contribution in [0.2, 0.25) is 0 Å². The predicted molar refractivity (Wildman–Crippen MR) is 74.4 cm³/mol. The molecule has 0 aromatic heterocycles. The largest absolute Gasteiger partial charge is 0.382 e. The molecule has 1 saturated heterocycles. The molecule has 0 aliphatic carbocycles. The SMILES string of the molecule is CCC(C)N1CCC(Nc2ccc(F)cc2)CC1. The van der Waals surface area contributed by atoms with E-state index in [2.05, 4.69) is 24.1 Å². The molecule has 2 nitrogen and oxygen atoms in total. The normalized spacial score (nSPS) is 19.7. The van der Waals surface area contributed by atoms with E-state index < -0.39 is 0 Å². The van der Waals surface area contributed by atoms with Crippen LogP contribution in [0.25, 0.3) is 0 Å². The molecule has 1 aromatic carbocycles. The van der Waals surface area contributed by atoms with Crippen LogP contribution in [0.15, 0.2) is 24.3 Å². The monoisotopic (exact) mass is 250 g/mol. The van der Waals surface area contributed by atoms with Crippen molar-refractivity contribution in [2.45, 2.75) is 45.2 Å². The van der Waals surface area contributed by atoms with E-state index in [1.807, 2.05) is 12.1 Å². The smallest absolute Gasteiger partial charge is 0.123 e. The van der Waals surface area contributed by atoms with Crippen LogP contribution in [0, 0.1) is 5.82 Å². The third-order valence-corrected chi connectivity index (χ3v) is 3.96. The summed E-state index contributed by atoms with van der Waals surface area (Å²) in [7, 11) is 0. The fourth-order valence-electron chi connectivity index (χ4n) is 2.52. The lowest BCUT2D eigenvalue weighted by atomic mass is 10.0. The molecule has 100 valence electrons. The predicted octanol–water partition coefficient (Wildman–Crippen LogP) is 3.50. The van der Waals surface area contributed by atoms with Crippen molar-refractivity contribution < 1.29 is 4.39 Å². The van der Waals surface area contributed by atoms with Crippen molar-refractivity contribution in [2.75, 3.05) is 18.4 Å². The average molecular weight is 250 g/mol. The molecule has 0 saturated carbocycles. The Hall–Kier alpha value is -1.09. The van der Waals surface area contributed by atoms with Crippen molar-refractivity contribution in [3.8, 4) is 0 Å². The van der Waals surface area contributed by atoms with Crippen LogP contribution in [0.4, 0.5) is 10.1 Å². The number of rotatable bonds is 4. The van der Waals surface area contributed by atoms with Gasteiger partial charge in [-0.2, -0.15) is 0 Å². The van der Waals surface area contributed by atoms with Crippen molar-refractivity contribution in [1.82, 2.24) is 4.90 Å². The molecule has 0 radical (unpaired) electrons. The van der Waals surface area contributed by atoms with Gasteiger partial charge in [0.1, 0.15) is 5.82 Å². The second-order valence-corrected chi connectivity index (χ2v) is 5.22. The van der Waals surface area contributed by atoms with Gasteiger partial charge in [-0.3, -0.25) is 0 Å². The number of nitrogens with one attached hydrogen (secondary N) is 1. The van der Waals surface area contributed by atoms with E-state index in [1.165, 1.54) is 31.4 Å². The van der Waals surface area contributed by atoms with Crippen LogP contribution >= 0.6 is 0 Å². The lowest BCUT2D eigenvalue weighted by molar-refractivity contribution is 0.163. The first-order chi connectivity index (χ1) is 8.69. The van der Waals surface area contributed by atoms with Gasteiger partial charge >= 0.3 is 0 Å². The Morgan fingerprint density at radius 3 is 2.44 bits per heavy atom. The van der Waals surface area contributed by atoms with E-state index >= 15 is 0 Å². The van der Waals surface area contributed by atoms with Crippen molar-refractivity contribution in [3.05, 3.63) is 30.1 Å². The Bertz CT molecular complexity index is 355. The summed E-state index contributed by atoms with van der Waals surface area (Å²) in [5, 5.41) is 3.49. The molecule has 1 fully saturated rings. The quantitative estimate of drug-likeness (QED) is 0.880. The molecular weight excluding hydrogens is 227 g/mol. The minimum absolute atomic E-state index is 0.174. The molecule has 1 N–H and O–H groups in total. The molecule has 1 unspecified atom stereocenters. The molecule has 1 heterocycles. The number of likely N-dealkylation sites (tertiary alicyclic amines) is 1. The zero-order valence-electron chi connectivity index (χ0n) is 11.3. The molecule has 18 heavy (non-hydrogen) atoms. The first-order valence-electron chi connectivity index (χ1n) is 6.95. The Balaban J connectivity index is 1.81. The first kappa shape index (κ1) is 13.3. The highest BCUT2D eigenvalue weighted by atomic mass is 19.1. The number of piperidine rings is 1. The molecule has 2 rings (SSSR count). The molecule has 0 amide bonds. The molecule has 0 spiro atoms. The van der Waals surface area contributed by atoms with Crippen LogP contribution in [-0.2, 0) is 0 Å². The van der Waals surface area contributed by atoms with Crippen LogP contribution in [0.3, 0.4) is 0 Å². The van der Waals surface area contributed by atoms with E-state index in [9.17, 15) is 4.39 Å². The second-order valence-electron chi connectivity index (χ2n) is 5.22. The maximum atomic E-state index is 12.8. The van der Waals surface area contributed by atoms with Gasteiger partial charge in [0.05, 0.1) is 0 Å². The van der Waals surface area contributed by atoms with Crippen molar-refractivity contribution in [1.29, 1.82) is 0 Å².